The van der Waals surface area contributed by atoms with Crippen LogP contribution in [0.4, 0.5) is 10.1 Å². The molecule has 0 saturated carbocycles. The molecule has 1 unspecified atom stereocenters. The number of hydrogen-bond donors (Lipinski definition) is 1. The van der Waals surface area contributed by atoms with Crippen LogP contribution in [0.25, 0.3) is 0 Å². The van der Waals surface area contributed by atoms with E-state index in [0.717, 1.165) is 6.07 Å². The van der Waals surface area contributed by atoms with Crippen LogP contribution in [0.5, 0.6) is 0 Å². The molecule has 2 amide bonds. The van der Waals surface area contributed by atoms with Gasteiger partial charge in [0.2, 0.25) is 11.8 Å². The summed E-state index contributed by atoms with van der Waals surface area (Å²) in [5.41, 5.74) is 0.301. The average Bonchev–Trinajstić information content (AvgIpc) is 2.30. The third-order valence-electron chi connectivity index (χ3n) is 2.98. The lowest BCUT2D eigenvalue weighted by atomic mass is 10.0. The molecule has 0 spiro atoms. The lowest BCUT2D eigenvalue weighted by molar-refractivity contribution is -0.132. The van der Waals surface area contributed by atoms with Gasteiger partial charge in [-0.15, -0.1) is 0 Å². The summed E-state index contributed by atoms with van der Waals surface area (Å²) in [4.78, 5) is 25.2. The van der Waals surface area contributed by atoms with Crippen molar-refractivity contribution in [2.24, 2.45) is 5.92 Å². The van der Waals surface area contributed by atoms with Crippen molar-refractivity contribution in [2.45, 2.75) is 19.9 Å². The number of carbonyl (C=O) groups excluding carboxylic acids is 2. The number of piperazine rings is 1. The largest absolute Gasteiger partial charge is 0.342 e. The number of nitrogens with zero attached hydrogens (tertiary/aromatic N) is 1. The Kier molecular flexibility index (Phi) is 3.75. The van der Waals surface area contributed by atoms with Crippen LogP contribution in [0, 0.1) is 11.7 Å². The Hall–Kier alpha value is -1.62. The second-order valence-corrected chi connectivity index (χ2v) is 5.28. The van der Waals surface area contributed by atoms with Gasteiger partial charge in [-0.1, -0.05) is 25.4 Å². The van der Waals surface area contributed by atoms with Gasteiger partial charge < -0.3 is 10.2 Å². The molecular weight excluding hydrogens is 271 g/mol. The SMILES string of the molecule is CC(C)C1NC(=O)CN(c2cc(F)cc(Cl)c2)C1=O. The zero-order valence-corrected chi connectivity index (χ0v) is 11.4. The predicted molar refractivity (Wildman–Crippen MR) is 70.5 cm³/mol. The molecule has 1 heterocycles. The van der Waals surface area contributed by atoms with Crippen LogP contribution in [-0.2, 0) is 9.59 Å². The zero-order chi connectivity index (χ0) is 14.2. The number of halogens is 2. The molecule has 102 valence electrons. The van der Waals surface area contributed by atoms with E-state index in [4.69, 9.17) is 11.6 Å². The number of carbonyl (C=O) groups is 2. The van der Waals surface area contributed by atoms with Gasteiger partial charge in [0.05, 0.1) is 0 Å². The Morgan fingerprint density at radius 2 is 2.05 bits per heavy atom. The van der Waals surface area contributed by atoms with E-state index < -0.39 is 11.9 Å². The minimum absolute atomic E-state index is 0.0386. The van der Waals surface area contributed by atoms with Gasteiger partial charge in [0.1, 0.15) is 18.4 Å². The van der Waals surface area contributed by atoms with E-state index >= 15 is 0 Å². The number of benzene rings is 1. The summed E-state index contributed by atoms with van der Waals surface area (Å²) in [6.45, 7) is 3.55. The van der Waals surface area contributed by atoms with Crippen LogP contribution in [0.2, 0.25) is 5.02 Å². The summed E-state index contributed by atoms with van der Waals surface area (Å²) in [5, 5.41) is 2.83. The van der Waals surface area contributed by atoms with Crippen molar-refractivity contribution in [3.63, 3.8) is 0 Å². The highest BCUT2D eigenvalue weighted by Gasteiger charge is 2.35. The monoisotopic (exact) mass is 284 g/mol. The van der Waals surface area contributed by atoms with Crippen LogP contribution < -0.4 is 10.2 Å². The maximum atomic E-state index is 13.3. The zero-order valence-electron chi connectivity index (χ0n) is 10.6. The van der Waals surface area contributed by atoms with Crippen LogP contribution in [0.1, 0.15) is 13.8 Å². The molecule has 6 heteroatoms. The van der Waals surface area contributed by atoms with Crippen molar-refractivity contribution in [1.82, 2.24) is 5.32 Å². The fourth-order valence-corrected chi connectivity index (χ4v) is 2.25. The number of amides is 2. The highest BCUT2D eigenvalue weighted by atomic mass is 35.5. The summed E-state index contributed by atoms with van der Waals surface area (Å²) < 4.78 is 13.3. The van der Waals surface area contributed by atoms with Gasteiger partial charge in [-0.05, 0) is 24.1 Å². The lowest BCUT2D eigenvalue weighted by Crippen LogP contribution is -2.60. The highest BCUT2D eigenvalue weighted by molar-refractivity contribution is 6.31. The summed E-state index contributed by atoms with van der Waals surface area (Å²) in [7, 11) is 0. The highest BCUT2D eigenvalue weighted by Crippen LogP contribution is 2.24. The fourth-order valence-electron chi connectivity index (χ4n) is 2.04. The van der Waals surface area contributed by atoms with Crippen molar-refractivity contribution < 1.29 is 14.0 Å². The number of rotatable bonds is 2. The summed E-state index contributed by atoms with van der Waals surface area (Å²) >= 11 is 5.77. The van der Waals surface area contributed by atoms with Crippen LogP contribution in [-0.4, -0.2) is 24.4 Å². The van der Waals surface area contributed by atoms with E-state index in [1.54, 1.807) is 0 Å². The first-order chi connectivity index (χ1) is 8.88. The van der Waals surface area contributed by atoms with Gasteiger partial charge >= 0.3 is 0 Å². The molecule has 1 saturated heterocycles. The molecule has 1 aliphatic heterocycles. The van der Waals surface area contributed by atoms with Crippen molar-refractivity contribution in [1.29, 1.82) is 0 Å². The number of hydrogen-bond acceptors (Lipinski definition) is 2. The summed E-state index contributed by atoms with van der Waals surface area (Å²) in [6, 6.07) is 3.22. The minimum Gasteiger partial charge on any atom is -0.342 e. The molecule has 1 fully saturated rings. The number of nitrogens with one attached hydrogen (secondary N) is 1. The van der Waals surface area contributed by atoms with Crippen molar-refractivity contribution >= 4 is 29.1 Å². The van der Waals surface area contributed by atoms with Gasteiger partial charge in [-0.2, -0.15) is 0 Å². The Morgan fingerprint density at radius 3 is 2.63 bits per heavy atom. The topological polar surface area (TPSA) is 49.4 Å². The molecule has 1 N–H and O–H groups in total. The molecule has 1 atom stereocenters. The minimum atomic E-state index is -0.594. The number of anilines is 1. The molecular formula is C13H14ClFN2O2. The van der Waals surface area contributed by atoms with Crippen molar-refractivity contribution in [3.8, 4) is 0 Å². The van der Waals surface area contributed by atoms with Crippen LogP contribution >= 0.6 is 11.6 Å². The summed E-state index contributed by atoms with van der Waals surface area (Å²) in [5.74, 6) is -1.10. The summed E-state index contributed by atoms with van der Waals surface area (Å²) in [6.07, 6.45) is 0. The van der Waals surface area contributed by atoms with E-state index in [0.29, 0.717) is 5.69 Å². The second kappa shape index (κ2) is 5.17. The Labute approximate surface area is 115 Å². The molecule has 4 nitrogen and oxygen atoms in total. The molecule has 19 heavy (non-hydrogen) atoms. The maximum Gasteiger partial charge on any atom is 0.250 e. The maximum absolute atomic E-state index is 13.3. The van der Waals surface area contributed by atoms with Gasteiger partial charge in [0.25, 0.3) is 0 Å². The molecule has 0 aliphatic carbocycles. The van der Waals surface area contributed by atoms with Crippen molar-refractivity contribution in [2.75, 3.05) is 11.4 Å². The van der Waals surface area contributed by atoms with Gasteiger partial charge in [-0.25, -0.2) is 4.39 Å². The predicted octanol–water partition coefficient (Wildman–Crippen LogP) is 1.97. The molecule has 0 aromatic heterocycles. The molecule has 0 bridgehead atoms. The average molecular weight is 285 g/mol. The molecule has 0 radical (unpaired) electrons. The third kappa shape index (κ3) is 2.87. The second-order valence-electron chi connectivity index (χ2n) is 4.84. The Morgan fingerprint density at radius 1 is 1.37 bits per heavy atom. The van der Waals surface area contributed by atoms with E-state index in [1.807, 2.05) is 13.8 Å². The van der Waals surface area contributed by atoms with Crippen LogP contribution in [0.3, 0.4) is 0 Å². The fraction of sp³-hybridized carbons (Fsp3) is 0.385. The standard InChI is InChI=1S/C13H14ClFN2O2/c1-7(2)12-13(19)17(6-11(18)16-12)10-4-8(14)3-9(15)5-10/h3-5,7,12H,6H2,1-2H3,(H,16,18). The Balaban J connectivity index is 2.37. The first-order valence-corrected chi connectivity index (χ1v) is 6.33. The van der Waals surface area contributed by atoms with Gasteiger partial charge in [0.15, 0.2) is 0 Å². The van der Waals surface area contributed by atoms with E-state index in [-0.39, 0.29) is 29.3 Å². The van der Waals surface area contributed by atoms with Crippen LogP contribution in [0.15, 0.2) is 18.2 Å². The Bertz CT molecular complexity index is 513. The third-order valence-corrected chi connectivity index (χ3v) is 3.19. The first-order valence-electron chi connectivity index (χ1n) is 5.95. The van der Waals surface area contributed by atoms with E-state index in [9.17, 15) is 14.0 Å². The molecule has 1 aromatic carbocycles. The first kappa shape index (κ1) is 13.8. The van der Waals surface area contributed by atoms with E-state index in [2.05, 4.69) is 5.32 Å². The van der Waals surface area contributed by atoms with Gasteiger partial charge in [-0.3, -0.25) is 9.59 Å². The molecule has 1 aromatic rings. The lowest BCUT2D eigenvalue weighted by Gasteiger charge is -2.34. The van der Waals surface area contributed by atoms with Crippen molar-refractivity contribution in [3.05, 3.63) is 29.0 Å². The normalized spacial score (nSPS) is 19.8. The van der Waals surface area contributed by atoms with E-state index in [1.165, 1.54) is 17.0 Å². The molecule has 1 aliphatic rings. The smallest absolute Gasteiger partial charge is 0.250 e. The van der Waals surface area contributed by atoms with Gasteiger partial charge in [0, 0.05) is 10.7 Å². The quantitative estimate of drug-likeness (QED) is 0.903. The molecule has 2 rings (SSSR count).